The van der Waals surface area contributed by atoms with Gasteiger partial charge in [0, 0.05) is 0 Å². The van der Waals surface area contributed by atoms with Crippen LogP contribution in [0.1, 0.15) is 0 Å². The molecule has 0 unspecified atom stereocenters. The zero-order valence-corrected chi connectivity index (χ0v) is 5.85. The fraction of sp³-hybridized carbons (Fsp3) is 0.200. The summed E-state index contributed by atoms with van der Waals surface area (Å²) in [5.41, 5.74) is 0. The number of hydrogen-bond acceptors (Lipinski definition) is 0. The molecule has 1 nitrogen and oxygen atoms in total. The van der Waals surface area contributed by atoms with Gasteiger partial charge in [-0.1, -0.05) is 0 Å². The van der Waals surface area contributed by atoms with Crippen LogP contribution >= 0.6 is 0 Å². The second-order valence-electron chi connectivity index (χ2n) is 1.25. The van der Waals surface area contributed by atoms with Gasteiger partial charge in [0.25, 0.3) is 0 Å². The van der Waals surface area contributed by atoms with Crippen LogP contribution in [0, 0.1) is 0 Å². The quantitative estimate of drug-likeness (QED) is 0.572. The van der Waals surface area contributed by atoms with Gasteiger partial charge in [0.15, 0.2) is 0 Å². The minimum absolute atomic E-state index is 0.667. The van der Waals surface area contributed by atoms with Gasteiger partial charge in [-0.3, -0.25) is 0 Å². The summed E-state index contributed by atoms with van der Waals surface area (Å²) in [7, 11) is 0. The molecule has 0 aliphatic heterocycles. The van der Waals surface area contributed by atoms with Crippen LogP contribution in [-0.4, -0.2) is 19.9 Å². The molecule has 0 bridgehead atoms. The first-order chi connectivity index (χ1) is 3.43. The summed E-state index contributed by atoms with van der Waals surface area (Å²) in [4.78, 5) is 3.00. The van der Waals surface area contributed by atoms with E-state index in [0.29, 0.717) is 15.0 Å². The van der Waals surface area contributed by atoms with Crippen molar-refractivity contribution >= 4 is 19.4 Å². The van der Waals surface area contributed by atoms with Gasteiger partial charge in [0.2, 0.25) is 0 Å². The molecule has 0 saturated carbocycles. The molecule has 38 valence electrons. The SMILES string of the molecule is C[Se]c1cc[nH]c1. The molecule has 0 aliphatic rings. The molecule has 2 heteroatoms. The first kappa shape index (κ1) is 4.95. The van der Waals surface area contributed by atoms with Crippen LogP contribution in [0.3, 0.4) is 0 Å². The molecule has 1 heterocycles. The Kier molecular flexibility index (Phi) is 1.55. The van der Waals surface area contributed by atoms with Gasteiger partial charge in [-0.05, 0) is 0 Å². The van der Waals surface area contributed by atoms with Crippen molar-refractivity contribution in [2.45, 2.75) is 5.82 Å². The molecule has 0 radical (unpaired) electrons. The van der Waals surface area contributed by atoms with Crippen molar-refractivity contribution in [1.29, 1.82) is 0 Å². The summed E-state index contributed by atoms with van der Waals surface area (Å²) in [6, 6.07) is 2.11. The molecule has 1 rings (SSSR count). The fourth-order valence-electron chi connectivity index (χ4n) is 0.436. The number of aromatic nitrogens is 1. The molecule has 0 saturated heterocycles. The molecule has 0 fully saturated rings. The zero-order chi connectivity index (χ0) is 5.11. The van der Waals surface area contributed by atoms with Crippen LogP contribution in [0.2, 0.25) is 5.82 Å². The molecule has 0 aliphatic carbocycles. The molecule has 0 spiro atoms. The first-order valence-corrected chi connectivity index (χ1v) is 4.67. The van der Waals surface area contributed by atoms with Crippen molar-refractivity contribution in [3.63, 3.8) is 0 Å². The van der Waals surface area contributed by atoms with Crippen molar-refractivity contribution in [2.24, 2.45) is 0 Å². The van der Waals surface area contributed by atoms with E-state index in [1.54, 1.807) is 0 Å². The van der Waals surface area contributed by atoms with Crippen molar-refractivity contribution < 1.29 is 0 Å². The van der Waals surface area contributed by atoms with Gasteiger partial charge in [0.1, 0.15) is 0 Å². The number of hydrogen-bond donors (Lipinski definition) is 1. The first-order valence-electron chi connectivity index (χ1n) is 2.10. The number of rotatable bonds is 1. The molecule has 7 heavy (non-hydrogen) atoms. The Morgan fingerprint density at radius 2 is 2.57 bits per heavy atom. The Morgan fingerprint density at radius 1 is 1.71 bits per heavy atom. The van der Waals surface area contributed by atoms with Crippen molar-refractivity contribution in [3.05, 3.63) is 18.5 Å². The summed E-state index contributed by atoms with van der Waals surface area (Å²) in [6.07, 6.45) is 4.00. The second-order valence-corrected chi connectivity index (χ2v) is 3.10. The van der Waals surface area contributed by atoms with E-state index in [4.69, 9.17) is 0 Å². The van der Waals surface area contributed by atoms with Gasteiger partial charge in [-0.25, -0.2) is 0 Å². The number of nitrogens with one attached hydrogen (secondary N) is 1. The van der Waals surface area contributed by atoms with Crippen LogP contribution in [0.25, 0.3) is 0 Å². The average Bonchev–Trinajstić information content (AvgIpc) is 2.14. The van der Waals surface area contributed by atoms with E-state index in [9.17, 15) is 0 Å². The number of H-pyrrole nitrogens is 1. The third-order valence-corrected chi connectivity index (χ3v) is 2.33. The second kappa shape index (κ2) is 2.20. The van der Waals surface area contributed by atoms with E-state index in [1.807, 2.05) is 12.4 Å². The van der Waals surface area contributed by atoms with Crippen molar-refractivity contribution in [3.8, 4) is 0 Å². The normalized spacial score (nSPS) is 9.29. The predicted octanol–water partition coefficient (Wildman–Crippen LogP) is 0.392. The maximum absolute atomic E-state index is 3.00. The molecular formula is C5H7NSe. The molecule has 0 aromatic carbocycles. The van der Waals surface area contributed by atoms with Crippen LogP contribution in [-0.2, 0) is 0 Å². The van der Waals surface area contributed by atoms with Crippen LogP contribution in [0.4, 0.5) is 0 Å². The van der Waals surface area contributed by atoms with Gasteiger partial charge < -0.3 is 0 Å². The third-order valence-electron chi connectivity index (χ3n) is 0.805. The Bertz CT molecular complexity index is 123. The van der Waals surface area contributed by atoms with Crippen molar-refractivity contribution in [1.82, 2.24) is 4.98 Å². The summed E-state index contributed by atoms with van der Waals surface area (Å²) in [5, 5.41) is 0. The van der Waals surface area contributed by atoms with E-state index in [1.165, 1.54) is 4.46 Å². The monoisotopic (exact) mass is 161 g/mol. The maximum atomic E-state index is 3.00. The predicted molar refractivity (Wildman–Crippen MR) is 32.0 cm³/mol. The average molecular weight is 160 g/mol. The van der Waals surface area contributed by atoms with Crippen LogP contribution < -0.4 is 4.46 Å². The van der Waals surface area contributed by atoms with E-state index >= 15 is 0 Å². The molecule has 1 aromatic rings. The fourth-order valence-corrected chi connectivity index (χ4v) is 1.25. The molecule has 0 atom stereocenters. The standard InChI is InChI=1S/C5H7NSe/c1-7-5-2-3-6-4-5/h2-4,6H,1H3. The Labute approximate surface area is 49.3 Å². The summed E-state index contributed by atoms with van der Waals surface area (Å²) >= 11 is 0.667. The van der Waals surface area contributed by atoms with E-state index in [0.717, 1.165) is 0 Å². The number of aromatic amines is 1. The third kappa shape index (κ3) is 1.08. The van der Waals surface area contributed by atoms with E-state index < -0.39 is 0 Å². The molecule has 0 amide bonds. The summed E-state index contributed by atoms with van der Waals surface area (Å²) in [5.74, 6) is 2.20. The van der Waals surface area contributed by atoms with Crippen LogP contribution in [0.15, 0.2) is 18.5 Å². The topological polar surface area (TPSA) is 15.8 Å². The van der Waals surface area contributed by atoms with E-state index in [-0.39, 0.29) is 0 Å². The van der Waals surface area contributed by atoms with E-state index in [2.05, 4.69) is 16.9 Å². The Morgan fingerprint density at radius 3 is 2.86 bits per heavy atom. The summed E-state index contributed by atoms with van der Waals surface area (Å²) in [6.45, 7) is 0. The van der Waals surface area contributed by atoms with Gasteiger partial charge >= 0.3 is 48.7 Å². The molecular weight excluding hydrogens is 153 g/mol. The van der Waals surface area contributed by atoms with Crippen LogP contribution in [0.5, 0.6) is 0 Å². The molecule has 1 N–H and O–H groups in total. The van der Waals surface area contributed by atoms with Crippen molar-refractivity contribution in [2.75, 3.05) is 0 Å². The molecule has 1 aromatic heterocycles. The summed E-state index contributed by atoms with van der Waals surface area (Å²) < 4.78 is 1.44. The van der Waals surface area contributed by atoms with Gasteiger partial charge in [-0.15, -0.1) is 0 Å². The van der Waals surface area contributed by atoms with Gasteiger partial charge in [0.05, 0.1) is 0 Å². The Hall–Kier alpha value is -0.201. The Balaban J connectivity index is 2.76. The van der Waals surface area contributed by atoms with Gasteiger partial charge in [-0.2, -0.15) is 0 Å². The minimum atomic E-state index is 0.667. The zero-order valence-electron chi connectivity index (χ0n) is 4.14.